The highest BCUT2D eigenvalue weighted by Crippen LogP contribution is 2.31. The van der Waals surface area contributed by atoms with Crippen molar-refractivity contribution in [2.24, 2.45) is 4.99 Å². The summed E-state index contributed by atoms with van der Waals surface area (Å²) in [6.45, 7) is 7.70. The molecule has 30 heavy (non-hydrogen) atoms. The highest BCUT2D eigenvalue weighted by atomic mass is 127. The zero-order valence-corrected chi connectivity index (χ0v) is 20.7. The molecule has 8 heteroatoms. The molecule has 0 bridgehead atoms. The smallest absolute Gasteiger partial charge is 0.191 e. The second-order valence-corrected chi connectivity index (χ2v) is 7.68. The van der Waals surface area contributed by atoms with E-state index in [0.29, 0.717) is 12.5 Å². The van der Waals surface area contributed by atoms with E-state index in [1.807, 2.05) is 18.2 Å². The van der Waals surface area contributed by atoms with Gasteiger partial charge in [0.2, 0.25) is 0 Å². The summed E-state index contributed by atoms with van der Waals surface area (Å²) < 4.78 is 11.0. The van der Waals surface area contributed by atoms with Gasteiger partial charge >= 0.3 is 0 Å². The SMILES string of the molecule is CN=C(NCc1cc(C(C)C)no1)NCC(c1ccccc1OC)N1CCCC1.I. The van der Waals surface area contributed by atoms with Gasteiger partial charge in [-0.1, -0.05) is 37.2 Å². The van der Waals surface area contributed by atoms with Gasteiger partial charge in [0.05, 0.1) is 25.4 Å². The summed E-state index contributed by atoms with van der Waals surface area (Å²) >= 11 is 0. The Morgan fingerprint density at radius 1 is 1.23 bits per heavy atom. The first-order valence-electron chi connectivity index (χ1n) is 10.4. The highest BCUT2D eigenvalue weighted by molar-refractivity contribution is 14.0. The molecule has 1 saturated heterocycles. The number of guanidine groups is 1. The van der Waals surface area contributed by atoms with E-state index in [9.17, 15) is 0 Å². The van der Waals surface area contributed by atoms with Crippen LogP contribution < -0.4 is 15.4 Å². The molecule has 3 rings (SSSR count). The van der Waals surface area contributed by atoms with E-state index < -0.39 is 0 Å². The molecule has 1 fully saturated rings. The maximum Gasteiger partial charge on any atom is 0.191 e. The second kappa shape index (κ2) is 12.1. The number of halogens is 1. The van der Waals surface area contributed by atoms with Crippen molar-refractivity contribution in [3.63, 3.8) is 0 Å². The summed E-state index contributed by atoms with van der Waals surface area (Å²) in [5, 5.41) is 10.9. The lowest BCUT2D eigenvalue weighted by Crippen LogP contribution is -2.42. The molecule has 2 heterocycles. The number of methoxy groups -OCH3 is 1. The highest BCUT2D eigenvalue weighted by Gasteiger charge is 2.26. The Balaban J connectivity index is 0.00000320. The number of aromatic nitrogens is 1. The molecule has 0 amide bonds. The second-order valence-electron chi connectivity index (χ2n) is 7.68. The molecule has 1 aliphatic rings. The molecule has 0 aliphatic carbocycles. The van der Waals surface area contributed by atoms with Crippen molar-refractivity contribution in [2.75, 3.05) is 33.8 Å². The summed E-state index contributed by atoms with van der Waals surface area (Å²) in [4.78, 5) is 6.88. The number of aliphatic imine (C=N–C) groups is 1. The van der Waals surface area contributed by atoms with E-state index >= 15 is 0 Å². The number of hydrogen-bond donors (Lipinski definition) is 2. The van der Waals surface area contributed by atoms with Crippen molar-refractivity contribution >= 4 is 29.9 Å². The Kier molecular flexibility index (Phi) is 9.90. The standard InChI is InChI=1S/C22H33N5O2.HI/c1-16(2)19-13-17(29-26-19)14-24-22(23-3)25-15-20(27-11-7-8-12-27)18-9-5-6-10-21(18)28-4;/h5-6,9-10,13,16,20H,7-8,11-12,14-15H2,1-4H3,(H2,23,24,25);1H. The van der Waals surface area contributed by atoms with Gasteiger partial charge in [-0.25, -0.2) is 0 Å². The van der Waals surface area contributed by atoms with Gasteiger partial charge in [0.25, 0.3) is 0 Å². The van der Waals surface area contributed by atoms with Gasteiger partial charge in [0, 0.05) is 25.2 Å². The summed E-state index contributed by atoms with van der Waals surface area (Å²) in [6, 6.07) is 10.5. The van der Waals surface area contributed by atoms with E-state index in [-0.39, 0.29) is 30.0 Å². The first-order valence-corrected chi connectivity index (χ1v) is 10.4. The van der Waals surface area contributed by atoms with E-state index in [4.69, 9.17) is 9.26 Å². The third-order valence-corrected chi connectivity index (χ3v) is 5.36. The molecule has 1 unspecified atom stereocenters. The minimum absolute atomic E-state index is 0. The fraction of sp³-hybridized carbons (Fsp3) is 0.545. The van der Waals surface area contributed by atoms with Gasteiger partial charge in [-0.3, -0.25) is 9.89 Å². The van der Waals surface area contributed by atoms with E-state index in [2.05, 4.69) is 51.7 Å². The lowest BCUT2D eigenvalue weighted by Gasteiger charge is -2.29. The lowest BCUT2D eigenvalue weighted by molar-refractivity contribution is 0.239. The molecule has 2 N–H and O–H groups in total. The third kappa shape index (κ3) is 6.34. The summed E-state index contributed by atoms with van der Waals surface area (Å²) in [5.41, 5.74) is 2.17. The number of nitrogens with one attached hydrogen (secondary N) is 2. The Bertz CT molecular complexity index is 802. The molecule has 7 nitrogen and oxygen atoms in total. The molecule has 2 aromatic rings. The van der Waals surface area contributed by atoms with Crippen molar-refractivity contribution in [3.05, 3.63) is 47.3 Å². The largest absolute Gasteiger partial charge is 0.496 e. The van der Waals surface area contributed by atoms with Crippen LogP contribution in [0.25, 0.3) is 0 Å². The summed E-state index contributed by atoms with van der Waals surface area (Å²) in [5.74, 6) is 2.83. The molecule has 0 saturated carbocycles. The molecule has 0 radical (unpaired) electrons. The minimum atomic E-state index is 0. The number of para-hydroxylation sites is 1. The first kappa shape index (κ1) is 24.5. The number of nitrogens with zero attached hydrogens (tertiary/aromatic N) is 3. The Morgan fingerprint density at radius 2 is 1.97 bits per heavy atom. The van der Waals surface area contributed by atoms with Crippen LogP contribution in [0.1, 0.15) is 55.7 Å². The van der Waals surface area contributed by atoms with Crippen LogP contribution in [0, 0.1) is 0 Å². The van der Waals surface area contributed by atoms with E-state index in [0.717, 1.165) is 42.8 Å². The molecule has 1 aromatic heterocycles. The van der Waals surface area contributed by atoms with Crippen LogP contribution in [0.4, 0.5) is 0 Å². The fourth-order valence-electron chi connectivity index (χ4n) is 3.70. The van der Waals surface area contributed by atoms with Crippen LogP contribution in [-0.4, -0.2) is 49.8 Å². The average Bonchev–Trinajstić information content (AvgIpc) is 3.43. The molecular formula is C22H34IN5O2. The van der Waals surface area contributed by atoms with Crippen LogP contribution in [-0.2, 0) is 6.54 Å². The quantitative estimate of drug-likeness (QED) is 0.308. The average molecular weight is 527 g/mol. The van der Waals surface area contributed by atoms with E-state index in [1.165, 1.54) is 18.4 Å². The van der Waals surface area contributed by atoms with Crippen molar-refractivity contribution < 1.29 is 9.26 Å². The van der Waals surface area contributed by atoms with Gasteiger partial charge in [0.15, 0.2) is 11.7 Å². The first-order chi connectivity index (χ1) is 14.1. The third-order valence-electron chi connectivity index (χ3n) is 5.36. The van der Waals surface area contributed by atoms with Gasteiger partial charge in [-0.05, 0) is 37.9 Å². The maximum absolute atomic E-state index is 5.63. The van der Waals surface area contributed by atoms with Gasteiger partial charge in [0.1, 0.15) is 5.75 Å². The predicted octanol–water partition coefficient (Wildman–Crippen LogP) is 3.93. The van der Waals surface area contributed by atoms with E-state index in [1.54, 1.807) is 14.2 Å². The van der Waals surface area contributed by atoms with Crippen molar-refractivity contribution in [3.8, 4) is 5.75 Å². The topological polar surface area (TPSA) is 74.9 Å². The van der Waals surface area contributed by atoms with Crippen LogP contribution in [0.15, 0.2) is 39.8 Å². The predicted molar refractivity (Wildman–Crippen MR) is 131 cm³/mol. The van der Waals surface area contributed by atoms with Crippen LogP contribution >= 0.6 is 24.0 Å². The molecule has 1 aromatic carbocycles. The summed E-state index contributed by atoms with van der Waals surface area (Å²) in [6.07, 6.45) is 2.48. The maximum atomic E-state index is 5.63. The fourth-order valence-corrected chi connectivity index (χ4v) is 3.70. The zero-order chi connectivity index (χ0) is 20.6. The normalized spacial score (nSPS) is 15.7. The number of hydrogen-bond acceptors (Lipinski definition) is 5. The number of ether oxygens (including phenoxy) is 1. The summed E-state index contributed by atoms with van der Waals surface area (Å²) in [7, 11) is 3.51. The Hall–Kier alpha value is -1.81. The molecule has 1 atom stereocenters. The van der Waals surface area contributed by atoms with Crippen molar-refractivity contribution in [1.82, 2.24) is 20.7 Å². The zero-order valence-electron chi connectivity index (χ0n) is 18.4. The lowest BCUT2D eigenvalue weighted by atomic mass is 10.0. The molecule has 0 spiro atoms. The number of rotatable bonds is 8. The van der Waals surface area contributed by atoms with Crippen molar-refractivity contribution in [2.45, 2.75) is 45.2 Å². The number of benzene rings is 1. The monoisotopic (exact) mass is 527 g/mol. The minimum Gasteiger partial charge on any atom is -0.496 e. The number of likely N-dealkylation sites (tertiary alicyclic amines) is 1. The van der Waals surface area contributed by atoms with Crippen molar-refractivity contribution in [1.29, 1.82) is 0 Å². The van der Waals surface area contributed by atoms with Crippen LogP contribution in [0.5, 0.6) is 5.75 Å². The molecular weight excluding hydrogens is 493 g/mol. The van der Waals surface area contributed by atoms with Gasteiger partial charge in [-0.2, -0.15) is 0 Å². The van der Waals surface area contributed by atoms with Gasteiger partial charge in [-0.15, -0.1) is 24.0 Å². The molecule has 166 valence electrons. The van der Waals surface area contributed by atoms with Gasteiger partial charge < -0.3 is 19.9 Å². The molecule has 1 aliphatic heterocycles. The van der Waals surface area contributed by atoms with Crippen LogP contribution in [0.2, 0.25) is 0 Å². The Morgan fingerprint density at radius 3 is 2.60 bits per heavy atom. The Labute approximate surface area is 196 Å². The van der Waals surface area contributed by atoms with Crippen LogP contribution in [0.3, 0.4) is 0 Å².